The summed E-state index contributed by atoms with van der Waals surface area (Å²) < 4.78 is 5.25. The maximum atomic E-state index is 12.4. The highest BCUT2D eigenvalue weighted by atomic mass is 35.5. The Bertz CT molecular complexity index is 849. The van der Waals surface area contributed by atoms with E-state index in [1.54, 1.807) is 25.3 Å². The summed E-state index contributed by atoms with van der Waals surface area (Å²) in [5.74, 6) is 0.367. The molecule has 0 unspecified atom stereocenters. The van der Waals surface area contributed by atoms with Gasteiger partial charge in [0.2, 0.25) is 11.8 Å². The van der Waals surface area contributed by atoms with Crippen molar-refractivity contribution >= 4 is 45.6 Å². The van der Waals surface area contributed by atoms with Crippen LogP contribution in [0.1, 0.15) is 18.5 Å². The van der Waals surface area contributed by atoms with E-state index in [2.05, 4.69) is 15.6 Å². The number of hydrogen-bond donors (Lipinski definition) is 2. The molecule has 9 heteroatoms. The van der Waals surface area contributed by atoms with E-state index in [0.717, 1.165) is 5.69 Å². The van der Waals surface area contributed by atoms with E-state index >= 15 is 0 Å². The van der Waals surface area contributed by atoms with Gasteiger partial charge in [0.15, 0.2) is 5.13 Å². The van der Waals surface area contributed by atoms with Gasteiger partial charge >= 0.3 is 0 Å². The number of piperidine rings is 1. The maximum Gasteiger partial charge on any atom is 0.238 e. The number of nitrogens with zero attached hydrogens (tertiary/aromatic N) is 2. The summed E-state index contributed by atoms with van der Waals surface area (Å²) in [5.41, 5.74) is 1.45. The number of aryl methyl sites for hydroxylation is 1. The smallest absolute Gasteiger partial charge is 0.238 e. The van der Waals surface area contributed by atoms with Gasteiger partial charge in [0.1, 0.15) is 5.75 Å². The summed E-state index contributed by atoms with van der Waals surface area (Å²) in [6.07, 6.45) is 1.42. The molecule has 0 radical (unpaired) electrons. The average molecular weight is 423 g/mol. The molecular weight excluding hydrogens is 400 g/mol. The fourth-order valence-corrected chi connectivity index (χ4v) is 4.01. The molecule has 2 amide bonds. The first-order valence-electron chi connectivity index (χ1n) is 9.03. The second-order valence-corrected chi connectivity index (χ2v) is 8.02. The topological polar surface area (TPSA) is 83.6 Å². The minimum absolute atomic E-state index is 0.00196. The molecule has 150 valence electrons. The van der Waals surface area contributed by atoms with E-state index in [1.807, 2.05) is 17.2 Å². The lowest BCUT2D eigenvalue weighted by molar-refractivity contribution is -0.121. The number of hydrogen-bond acceptors (Lipinski definition) is 6. The number of benzene rings is 1. The molecule has 2 heterocycles. The van der Waals surface area contributed by atoms with E-state index in [1.165, 1.54) is 11.3 Å². The minimum Gasteiger partial charge on any atom is -0.495 e. The van der Waals surface area contributed by atoms with Crippen molar-refractivity contribution in [3.63, 3.8) is 0 Å². The van der Waals surface area contributed by atoms with Crippen LogP contribution in [0.15, 0.2) is 23.6 Å². The SMILES string of the molecule is COc1ccc(Cl)cc1NC(=O)CN1CCC(C(=O)Nc2nc(C)cs2)CC1. The van der Waals surface area contributed by atoms with Crippen LogP contribution in [-0.2, 0) is 9.59 Å². The zero-order valence-electron chi connectivity index (χ0n) is 15.8. The Morgan fingerprint density at radius 3 is 2.71 bits per heavy atom. The zero-order valence-corrected chi connectivity index (χ0v) is 17.4. The molecule has 1 aromatic heterocycles. The molecule has 0 atom stereocenters. The van der Waals surface area contributed by atoms with E-state index in [-0.39, 0.29) is 24.3 Å². The van der Waals surface area contributed by atoms with Gasteiger partial charge in [-0.1, -0.05) is 11.6 Å². The number of anilines is 2. The molecule has 0 spiro atoms. The van der Waals surface area contributed by atoms with Crippen LogP contribution in [0.5, 0.6) is 5.75 Å². The summed E-state index contributed by atoms with van der Waals surface area (Å²) >= 11 is 7.42. The van der Waals surface area contributed by atoms with Crippen LogP contribution in [0.2, 0.25) is 5.02 Å². The molecule has 0 aliphatic carbocycles. The normalized spacial score (nSPS) is 15.2. The van der Waals surface area contributed by atoms with Crippen molar-refractivity contribution in [2.75, 3.05) is 37.4 Å². The van der Waals surface area contributed by atoms with Crippen molar-refractivity contribution in [1.29, 1.82) is 0 Å². The molecule has 7 nitrogen and oxygen atoms in total. The lowest BCUT2D eigenvalue weighted by Crippen LogP contribution is -2.41. The third-order valence-corrected chi connectivity index (χ3v) is 5.72. The molecular formula is C19H23ClN4O3S. The Labute approximate surface area is 173 Å². The van der Waals surface area contributed by atoms with Crippen LogP contribution >= 0.6 is 22.9 Å². The first kappa shape index (κ1) is 20.6. The number of nitrogens with one attached hydrogen (secondary N) is 2. The Morgan fingerprint density at radius 1 is 1.32 bits per heavy atom. The fourth-order valence-electron chi connectivity index (χ4n) is 3.14. The number of carbonyl (C=O) groups is 2. The molecule has 1 fully saturated rings. The van der Waals surface area contributed by atoms with Crippen molar-refractivity contribution in [3.05, 3.63) is 34.3 Å². The summed E-state index contributed by atoms with van der Waals surface area (Å²) in [6.45, 7) is 3.54. The van der Waals surface area contributed by atoms with E-state index < -0.39 is 0 Å². The quantitative estimate of drug-likeness (QED) is 0.745. The van der Waals surface area contributed by atoms with Gasteiger partial charge in [-0.25, -0.2) is 4.98 Å². The Kier molecular flexibility index (Phi) is 6.88. The maximum absolute atomic E-state index is 12.4. The van der Waals surface area contributed by atoms with Gasteiger partial charge in [-0.3, -0.25) is 14.5 Å². The summed E-state index contributed by atoms with van der Waals surface area (Å²) in [7, 11) is 1.54. The van der Waals surface area contributed by atoms with Crippen LogP contribution in [0, 0.1) is 12.8 Å². The Balaban J connectivity index is 1.47. The highest BCUT2D eigenvalue weighted by Gasteiger charge is 2.26. The predicted octanol–water partition coefficient (Wildman–Crippen LogP) is 3.40. The summed E-state index contributed by atoms with van der Waals surface area (Å²) in [5, 5.41) is 8.80. The number of amides is 2. The standard InChI is InChI=1S/C19H23ClN4O3S/c1-12-11-28-19(21-12)23-18(26)13-5-7-24(8-6-13)10-17(25)22-15-9-14(20)3-4-16(15)27-2/h3-4,9,11,13H,5-8,10H2,1-2H3,(H,22,25)(H,21,23,26). The molecule has 1 saturated heterocycles. The van der Waals surface area contributed by atoms with Gasteiger partial charge in [-0.15, -0.1) is 11.3 Å². The average Bonchev–Trinajstić information content (AvgIpc) is 3.07. The van der Waals surface area contributed by atoms with Crippen molar-refractivity contribution < 1.29 is 14.3 Å². The molecule has 0 bridgehead atoms. The number of ether oxygens (including phenoxy) is 1. The summed E-state index contributed by atoms with van der Waals surface area (Å²) in [6, 6.07) is 5.08. The number of halogens is 1. The van der Waals surface area contributed by atoms with Crippen LogP contribution in [0.3, 0.4) is 0 Å². The molecule has 0 saturated carbocycles. The lowest BCUT2D eigenvalue weighted by Gasteiger charge is -2.30. The molecule has 28 heavy (non-hydrogen) atoms. The number of carbonyl (C=O) groups excluding carboxylic acids is 2. The van der Waals surface area contributed by atoms with Crippen LogP contribution in [0.4, 0.5) is 10.8 Å². The van der Waals surface area contributed by atoms with E-state index in [9.17, 15) is 9.59 Å². The minimum atomic E-state index is -0.137. The first-order valence-corrected chi connectivity index (χ1v) is 10.3. The van der Waals surface area contributed by atoms with Crippen LogP contribution < -0.4 is 15.4 Å². The monoisotopic (exact) mass is 422 g/mol. The van der Waals surface area contributed by atoms with E-state index in [4.69, 9.17) is 16.3 Å². The first-order chi connectivity index (χ1) is 13.4. The number of methoxy groups -OCH3 is 1. The molecule has 1 aliphatic heterocycles. The third-order valence-electron chi connectivity index (χ3n) is 4.61. The van der Waals surface area contributed by atoms with E-state index in [0.29, 0.717) is 47.5 Å². The molecule has 1 aromatic carbocycles. The van der Waals surface area contributed by atoms with Crippen LogP contribution in [-0.4, -0.2) is 48.4 Å². The third kappa shape index (κ3) is 5.43. The molecule has 1 aliphatic rings. The van der Waals surface area contributed by atoms with Gasteiger partial charge in [0.05, 0.1) is 25.0 Å². The Morgan fingerprint density at radius 2 is 2.07 bits per heavy atom. The van der Waals surface area contributed by atoms with Gasteiger partial charge in [0, 0.05) is 16.3 Å². The summed E-state index contributed by atoms with van der Waals surface area (Å²) in [4.78, 5) is 31.1. The van der Waals surface area contributed by atoms with Gasteiger partial charge < -0.3 is 15.4 Å². The zero-order chi connectivity index (χ0) is 20.1. The predicted molar refractivity (Wildman–Crippen MR) is 111 cm³/mol. The molecule has 3 rings (SSSR count). The number of likely N-dealkylation sites (tertiary alicyclic amines) is 1. The highest BCUT2D eigenvalue weighted by Crippen LogP contribution is 2.28. The number of thiazole rings is 1. The highest BCUT2D eigenvalue weighted by molar-refractivity contribution is 7.13. The second kappa shape index (κ2) is 9.36. The largest absolute Gasteiger partial charge is 0.495 e. The van der Waals surface area contributed by atoms with Crippen molar-refractivity contribution in [2.45, 2.75) is 19.8 Å². The fraction of sp³-hybridized carbons (Fsp3) is 0.421. The van der Waals surface area contributed by atoms with Gasteiger partial charge in [-0.2, -0.15) is 0 Å². The second-order valence-electron chi connectivity index (χ2n) is 6.73. The van der Waals surface area contributed by atoms with Gasteiger partial charge in [0.25, 0.3) is 0 Å². The van der Waals surface area contributed by atoms with Crippen molar-refractivity contribution in [2.24, 2.45) is 5.92 Å². The molecule has 2 N–H and O–H groups in total. The number of rotatable bonds is 6. The van der Waals surface area contributed by atoms with Gasteiger partial charge in [-0.05, 0) is 51.1 Å². The Hall–Kier alpha value is -2.16. The van der Waals surface area contributed by atoms with Crippen molar-refractivity contribution in [1.82, 2.24) is 9.88 Å². The van der Waals surface area contributed by atoms with Crippen molar-refractivity contribution in [3.8, 4) is 5.75 Å². The molecule has 2 aromatic rings. The lowest BCUT2D eigenvalue weighted by atomic mass is 9.96. The number of aromatic nitrogens is 1. The van der Waals surface area contributed by atoms with Crippen LogP contribution in [0.25, 0.3) is 0 Å².